The molecule has 6 atom stereocenters. The maximum atomic E-state index is 14.4. The van der Waals surface area contributed by atoms with Crippen LogP contribution in [0, 0.1) is 5.92 Å². The van der Waals surface area contributed by atoms with Crippen LogP contribution in [0.25, 0.3) is 10.9 Å². The molecule has 2 aromatic rings. The Balaban J connectivity index is 1.82. The van der Waals surface area contributed by atoms with E-state index in [2.05, 4.69) is 41.9 Å². The molecule has 15 N–H and O–H groups in total. The van der Waals surface area contributed by atoms with Gasteiger partial charge in [0.1, 0.15) is 36.3 Å². The van der Waals surface area contributed by atoms with Gasteiger partial charge in [0.2, 0.25) is 35.4 Å². The van der Waals surface area contributed by atoms with Gasteiger partial charge in [-0.3, -0.25) is 67.7 Å². The molecule has 0 spiro atoms. The topological polar surface area (TPSA) is 417 Å². The van der Waals surface area contributed by atoms with Crippen LogP contribution in [0.1, 0.15) is 58.4 Å². The fourth-order valence-electron chi connectivity index (χ4n) is 8.92. The molecule has 1 saturated heterocycles. The fraction of sp³-hybridized carbons (Fsp3) is 0.635. The third-order valence-corrected chi connectivity index (χ3v) is 14.6. The number of carbonyl (C=O) groups excluding carboxylic acids is 6. The lowest BCUT2D eigenvalue weighted by molar-refractivity contribution is -0.142. The van der Waals surface area contributed by atoms with E-state index in [0.29, 0.717) is 17.1 Å². The van der Waals surface area contributed by atoms with Crippen LogP contribution in [0.2, 0.25) is 0 Å². The normalized spacial score (nSPS) is 16.4. The van der Waals surface area contributed by atoms with Gasteiger partial charge in [0.25, 0.3) is 0 Å². The van der Waals surface area contributed by atoms with Crippen LogP contribution in [0.3, 0.4) is 0 Å². The Bertz CT molecular complexity index is 2450. The number of amides is 6. The van der Waals surface area contributed by atoms with E-state index in [1.807, 2.05) is 44.4 Å². The van der Waals surface area contributed by atoms with E-state index in [-0.39, 0.29) is 135 Å². The van der Waals surface area contributed by atoms with Crippen LogP contribution >= 0.6 is 23.5 Å². The summed E-state index contributed by atoms with van der Waals surface area (Å²) < 4.78 is 0. The first-order valence-electron chi connectivity index (χ1n) is 27.1. The van der Waals surface area contributed by atoms with Crippen molar-refractivity contribution in [2.24, 2.45) is 22.4 Å². The minimum Gasteiger partial charge on any atom is -0.480 e. The predicted octanol–water partition coefficient (Wildman–Crippen LogP) is -2.20. The van der Waals surface area contributed by atoms with Crippen molar-refractivity contribution in [3.8, 4) is 0 Å². The fourth-order valence-corrected chi connectivity index (χ4v) is 9.87. The highest BCUT2D eigenvalue weighted by Gasteiger charge is 2.34. The van der Waals surface area contributed by atoms with Gasteiger partial charge in [-0.15, -0.1) is 0 Å². The van der Waals surface area contributed by atoms with E-state index in [1.165, 1.54) is 30.4 Å². The zero-order valence-electron chi connectivity index (χ0n) is 47.4. The number of H-pyrrole nitrogens is 1. The maximum Gasteiger partial charge on any atom is 0.326 e. The summed E-state index contributed by atoms with van der Waals surface area (Å²) in [6, 6.07) is -0.225. The Morgan fingerprint density at radius 3 is 1.50 bits per heavy atom. The van der Waals surface area contributed by atoms with Crippen molar-refractivity contribution in [1.82, 2.24) is 56.5 Å². The van der Waals surface area contributed by atoms with Gasteiger partial charge in [-0.1, -0.05) is 32.0 Å². The number of aliphatic imine (C=N–C) groups is 1. The van der Waals surface area contributed by atoms with Crippen LogP contribution in [0.5, 0.6) is 0 Å². The van der Waals surface area contributed by atoms with Crippen molar-refractivity contribution in [2.75, 3.05) is 109 Å². The van der Waals surface area contributed by atoms with Crippen molar-refractivity contribution in [2.45, 2.75) is 95.5 Å². The second kappa shape index (κ2) is 36.7. The number of thioether (sulfide) groups is 2. The molecule has 1 fully saturated rings. The Labute approximate surface area is 485 Å². The molecule has 30 heteroatoms. The molecule has 3 rings (SSSR count). The van der Waals surface area contributed by atoms with Gasteiger partial charge in [-0.2, -0.15) is 23.5 Å². The van der Waals surface area contributed by atoms with Gasteiger partial charge in [-0.25, -0.2) is 4.79 Å². The van der Waals surface area contributed by atoms with Crippen LogP contribution in [0.15, 0.2) is 35.5 Å². The molecular formula is C52H84N14O14S2. The van der Waals surface area contributed by atoms with Gasteiger partial charge in [0, 0.05) is 82.4 Å². The molecule has 82 heavy (non-hydrogen) atoms. The molecule has 0 aliphatic carbocycles. The summed E-state index contributed by atoms with van der Waals surface area (Å²) >= 11 is 2.81. The summed E-state index contributed by atoms with van der Waals surface area (Å²) in [6.07, 6.45) is 5.79. The lowest BCUT2D eigenvalue weighted by Crippen LogP contribution is -2.60. The average Bonchev–Trinajstić information content (AvgIpc) is 3.95. The first-order chi connectivity index (χ1) is 38.9. The first-order valence-corrected chi connectivity index (χ1v) is 29.8. The summed E-state index contributed by atoms with van der Waals surface area (Å²) in [7, 11) is 0. The number of nitrogens with one attached hydrogen (secondary N) is 7. The van der Waals surface area contributed by atoms with Crippen LogP contribution in [0.4, 0.5) is 0 Å². The number of nitrogens with zero attached hydrogens (tertiary/aromatic N) is 5. The molecule has 458 valence electrons. The van der Waals surface area contributed by atoms with Crippen molar-refractivity contribution in [1.29, 1.82) is 0 Å². The zero-order chi connectivity index (χ0) is 60.9. The van der Waals surface area contributed by atoms with E-state index < -0.39 is 95.6 Å². The minimum atomic E-state index is -1.33. The number of hydrogen-bond acceptors (Lipinski definition) is 17. The Morgan fingerprint density at radius 1 is 0.573 bits per heavy atom. The molecule has 6 amide bonds. The molecule has 1 aromatic carbocycles. The summed E-state index contributed by atoms with van der Waals surface area (Å²) in [4.78, 5) is 145. The monoisotopic (exact) mass is 1190 g/mol. The van der Waals surface area contributed by atoms with Crippen molar-refractivity contribution < 1.29 is 68.4 Å². The number of para-hydroxylation sites is 1. The molecule has 0 unspecified atom stereocenters. The summed E-state index contributed by atoms with van der Waals surface area (Å²) in [5.41, 5.74) is 12.2. The number of nitrogens with two attached hydrogens (primary N) is 2. The van der Waals surface area contributed by atoms with Gasteiger partial charge < -0.3 is 68.8 Å². The number of aromatic amines is 1. The van der Waals surface area contributed by atoms with Crippen LogP contribution in [-0.4, -0.2) is 256 Å². The summed E-state index contributed by atoms with van der Waals surface area (Å²) in [5, 5.41) is 55.6. The second-order valence-electron chi connectivity index (χ2n) is 20.4. The van der Waals surface area contributed by atoms with Gasteiger partial charge in [0.15, 0.2) is 5.96 Å². The molecule has 0 radical (unpaired) electrons. The second-order valence-corrected chi connectivity index (χ2v) is 22.4. The van der Waals surface area contributed by atoms with Gasteiger partial charge >= 0.3 is 23.9 Å². The molecule has 1 aliphatic rings. The highest BCUT2D eigenvalue weighted by molar-refractivity contribution is 7.98. The van der Waals surface area contributed by atoms with E-state index in [9.17, 15) is 68.4 Å². The number of fused-ring (bicyclic) bond motifs is 1. The predicted molar refractivity (Wildman–Crippen MR) is 311 cm³/mol. The highest BCUT2D eigenvalue weighted by Crippen LogP contribution is 2.20. The lowest BCUT2D eigenvalue weighted by Gasteiger charge is -2.33. The van der Waals surface area contributed by atoms with Crippen molar-refractivity contribution in [3.63, 3.8) is 0 Å². The molecule has 1 aromatic heterocycles. The van der Waals surface area contributed by atoms with Crippen LogP contribution < -0.4 is 43.4 Å². The maximum absolute atomic E-state index is 14.4. The van der Waals surface area contributed by atoms with E-state index in [4.69, 9.17) is 11.5 Å². The van der Waals surface area contributed by atoms with Crippen molar-refractivity contribution >= 4 is 99.7 Å². The number of aromatic nitrogens is 1. The largest absolute Gasteiger partial charge is 0.480 e. The molecular weight excluding hydrogens is 1110 g/mol. The molecule has 2 heterocycles. The number of benzene rings is 1. The Morgan fingerprint density at radius 2 is 1.01 bits per heavy atom. The summed E-state index contributed by atoms with van der Waals surface area (Å²) in [5.74, 6) is -8.45. The number of rotatable bonds is 34. The van der Waals surface area contributed by atoms with Crippen LogP contribution in [-0.2, 0) is 54.4 Å². The SMILES string of the molecule is CSCC[C@H](NC(=O)CN1CCN(CC(=O)O)CCN(CC(=O)O)CCN(CC(=O)O)CC1)C(=O)N[C@@H](C)C(=O)N[C@@H](CC(C)C)C(=O)N[C@@H](Cc1c[nH]c2ccccc12)C(=O)N[C@@H](CCSC)C(=O)N[C@@H](CCCN=C(N)N)C(=O)O. The van der Waals surface area contributed by atoms with Gasteiger partial charge in [0.05, 0.1) is 26.2 Å². The Kier molecular flexibility index (Phi) is 31.1. The Hall–Kier alpha value is -6.73. The number of carboxylic acid groups (broad SMARTS) is 4. The average molecular weight is 1190 g/mol. The minimum absolute atomic E-state index is 0.0143. The smallest absolute Gasteiger partial charge is 0.326 e. The third kappa shape index (κ3) is 26.5. The van der Waals surface area contributed by atoms with Gasteiger partial charge in [-0.05, 0) is 80.6 Å². The number of hydrogen-bond donors (Lipinski definition) is 13. The number of aliphatic carboxylic acids is 4. The third-order valence-electron chi connectivity index (χ3n) is 13.3. The summed E-state index contributed by atoms with van der Waals surface area (Å²) in [6.45, 7) is 5.25. The molecule has 0 bridgehead atoms. The number of carbonyl (C=O) groups is 10. The quantitative estimate of drug-likeness (QED) is 0.0201. The van der Waals surface area contributed by atoms with E-state index in [0.717, 1.165) is 10.9 Å². The number of carboxylic acids is 4. The zero-order valence-corrected chi connectivity index (χ0v) is 49.0. The molecule has 1 aliphatic heterocycles. The number of guanidine groups is 1. The lowest BCUT2D eigenvalue weighted by atomic mass is 10.00. The first kappa shape index (κ1) is 69.5. The molecule has 28 nitrogen and oxygen atoms in total. The standard InChI is InChI=1S/C52H84N14O14S2/c1-32(2)25-40(49(77)62-41(26-34-27-56-36-10-7-6-9-35(34)36)50(78)59-38(13-24-82-5)48(76)60-39(51(79)80)11-8-14-55-52(53)54)61-46(74)33(3)57-47(75)37(12-23-81-4)58-42(67)28-63-15-17-64(29-43(68)69)19-21-66(31-45(72)73)22-20-65(18-16-63)30-44(70)71/h6-7,9-10,27,32-33,37-41,56H,8,11-26,28-31H2,1-5H3,(H,57,75)(H,58,67)(H,59,78)(H,60,76)(H,61,74)(H,62,77)(H,68,69)(H,70,71)(H,72,73)(H,79,80)(H4,53,54,55)/t33-,37-,38-,39-,40-,41-/m0/s1. The van der Waals surface area contributed by atoms with Crippen molar-refractivity contribution in [3.05, 3.63) is 36.0 Å². The molecule has 0 saturated carbocycles. The highest BCUT2D eigenvalue weighted by atomic mass is 32.2. The van der Waals surface area contributed by atoms with E-state index >= 15 is 0 Å². The van der Waals surface area contributed by atoms with E-state index in [1.54, 1.807) is 32.1 Å².